The van der Waals surface area contributed by atoms with Crippen molar-refractivity contribution in [3.8, 4) is 0 Å². The van der Waals surface area contributed by atoms with Gasteiger partial charge in [-0.25, -0.2) is 9.97 Å². The van der Waals surface area contributed by atoms with Crippen LogP contribution in [-0.4, -0.2) is 26.3 Å². The number of aromatic nitrogens is 4. The molecular weight excluding hydrogens is 228 g/mol. The van der Waals surface area contributed by atoms with Crippen LogP contribution >= 0.6 is 0 Å². The van der Waals surface area contributed by atoms with Crippen molar-refractivity contribution in [1.29, 1.82) is 0 Å². The molecule has 0 aromatic carbocycles. The predicted molar refractivity (Wildman–Crippen MR) is 72.2 cm³/mol. The first-order valence-electron chi connectivity index (χ1n) is 5.96. The summed E-state index contributed by atoms with van der Waals surface area (Å²) in [5.41, 5.74) is 0.994. The van der Waals surface area contributed by atoms with Gasteiger partial charge < -0.3 is 10.6 Å². The van der Waals surface area contributed by atoms with E-state index in [1.165, 1.54) is 0 Å². The molecule has 0 bridgehead atoms. The van der Waals surface area contributed by atoms with Gasteiger partial charge in [-0.05, 0) is 20.8 Å². The second-order valence-electron chi connectivity index (χ2n) is 4.12. The first-order valence-corrected chi connectivity index (χ1v) is 5.96. The highest BCUT2D eigenvalue weighted by molar-refractivity contribution is 5.62. The maximum absolute atomic E-state index is 4.41. The number of nitrogens with one attached hydrogen (secondary N) is 2. The Kier molecular flexibility index (Phi) is 3.45. The van der Waals surface area contributed by atoms with Crippen molar-refractivity contribution in [3.05, 3.63) is 23.7 Å². The Morgan fingerprint density at radius 1 is 1.22 bits per heavy atom. The third kappa shape index (κ3) is 2.58. The molecule has 6 heteroatoms. The fourth-order valence-corrected chi connectivity index (χ4v) is 1.69. The van der Waals surface area contributed by atoms with E-state index in [0.29, 0.717) is 0 Å². The molecule has 0 atom stereocenters. The Hall–Kier alpha value is -2.11. The Morgan fingerprint density at radius 3 is 2.56 bits per heavy atom. The van der Waals surface area contributed by atoms with E-state index in [2.05, 4.69) is 25.7 Å². The van der Waals surface area contributed by atoms with Gasteiger partial charge in [-0.3, -0.25) is 4.68 Å². The average molecular weight is 246 g/mol. The van der Waals surface area contributed by atoms with Gasteiger partial charge in [0.05, 0.1) is 0 Å². The molecule has 2 N–H and O–H groups in total. The number of anilines is 3. The highest BCUT2D eigenvalue weighted by atomic mass is 15.3. The van der Waals surface area contributed by atoms with E-state index in [4.69, 9.17) is 0 Å². The molecule has 0 spiro atoms. The van der Waals surface area contributed by atoms with Gasteiger partial charge in [0.25, 0.3) is 0 Å². The molecule has 6 nitrogen and oxygen atoms in total. The fourth-order valence-electron chi connectivity index (χ4n) is 1.69. The van der Waals surface area contributed by atoms with Crippen molar-refractivity contribution in [2.45, 2.75) is 20.8 Å². The Balaban J connectivity index is 2.32. The summed E-state index contributed by atoms with van der Waals surface area (Å²) in [6, 6.07) is 1.91. The predicted octanol–water partition coefficient (Wildman–Crippen LogP) is 2.00. The highest BCUT2D eigenvalue weighted by Gasteiger charge is 2.09. The monoisotopic (exact) mass is 246 g/mol. The minimum Gasteiger partial charge on any atom is -0.370 e. The first kappa shape index (κ1) is 12.3. The number of hydrogen-bond donors (Lipinski definition) is 2. The summed E-state index contributed by atoms with van der Waals surface area (Å²) in [7, 11) is 1.88. The Labute approximate surface area is 106 Å². The Bertz CT molecular complexity index is 545. The van der Waals surface area contributed by atoms with E-state index in [1.54, 1.807) is 4.68 Å². The van der Waals surface area contributed by atoms with Gasteiger partial charge in [0, 0.05) is 31.4 Å². The smallest absolute Gasteiger partial charge is 0.153 e. The van der Waals surface area contributed by atoms with Crippen LogP contribution in [0.3, 0.4) is 0 Å². The van der Waals surface area contributed by atoms with E-state index < -0.39 is 0 Å². The summed E-state index contributed by atoms with van der Waals surface area (Å²) in [5.74, 6) is 3.16. The normalized spacial score (nSPS) is 10.4. The van der Waals surface area contributed by atoms with Gasteiger partial charge >= 0.3 is 0 Å². The first-order chi connectivity index (χ1) is 8.60. The lowest BCUT2D eigenvalue weighted by Gasteiger charge is -2.12. The summed E-state index contributed by atoms with van der Waals surface area (Å²) < 4.78 is 1.75. The van der Waals surface area contributed by atoms with Crippen molar-refractivity contribution in [2.75, 3.05) is 17.2 Å². The highest BCUT2D eigenvalue weighted by Crippen LogP contribution is 2.22. The van der Waals surface area contributed by atoms with E-state index in [0.717, 1.165) is 35.4 Å². The number of hydrogen-bond acceptors (Lipinski definition) is 5. The average Bonchev–Trinajstić information content (AvgIpc) is 2.71. The molecule has 96 valence electrons. The summed E-state index contributed by atoms with van der Waals surface area (Å²) in [6.45, 7) is 6.75. The number of rotatable bonds is 4. The molecule has 0 saturated carbocycles. The summed E-state index contributed by atoms with van der Waals surface area (Å²) in [4.78, 5) is 8.79. The molecule has 0 unspecified atom stereocenters. The van der Waals surface area contributed by atoms with Crippen LogP contribution in [0.15, 0.2) is 12.3 Å². The lowest BCUT2D eigenvalue weighted by molar-refractivity contribution is 0.771. The van der Waals surface area contributed by atoms with Crippen LogP contribution in [0.5, 0.6) is 0 Å². The minimum atomic E-state index is 0.731. The van der Waals surface area contributed by atoms with Gasteiger partial charge in [-0.1, -0.05) is 0 Å². The SMILES string of the molecule is CCNc1nc(C)nc(Nc2ccn(C)n2)c1C. The molecule has 0 fully saturated rings. The molecule has 2 aromatic rings. The molecular formula is C12H18N6. The second-order valence-corrected chi connectivity index (χ2v) is 4.12. The zero-order valence-corrected chi connectivity index (χ0v) is 11.2. The van der Waals surface area contributed by atoms with Crippen molar-refractivity contribution < 1.29 is 0 Å². The van der Waals surface area contributed by atoms with Gasteiger partial charge in [-0.2, -0.15) is 5.10 Å². The van der Waals surface area contributed by atoms with E-state index in [-0.39, 0.29) is 0 Å². The molecule has 0 aliphatic rings. The number of nitrogens with zero attached hydrogens (tertiary/aromatic N) is 4. The molecule has 0 amide bonds. The lowest BCUT2D eigenvalue weighted by atomic mass is 10.3. The molecule has 2 aromatic heterocycles. The van der Waals surface area contributed by atoms with Crippen LogP contribution in [-0.2, 0) is 7.05 Å². The standard InChI is InChI=1S/C12H18N6/c1-5-13-11-8(2)12(15-9(3)14-11)16-10-6-7-18(4)17-10/h6-7H,5H2,1-4H3,(H2,13,14,15,16,17). The van der Waals surface area contributed by atoms with E-state index in [1.807, 2.05) is 40.1 Å². The van der Waals surface area contributed by atoms with Gasteiger partial charge in [0.1, 0.15) is 17.5 Å². The largest absolute Gasteiger partial charge is 0.370 e. The maximum Gasteiger partial charge on any atom is 0.153 e. The van der Waals surface area contributed by atoms with Crippen molar-refractivity contribution in [1.82, 2.24) is 19.7 Å². The maximum atomic E-state index is 4.41. The summed E-state index contributed by atoms with van der Waals surface area (Å²) in [6.07, 6.45) is 1.89. The van der Waals surface area contributed by atoms with Crippen LogP contribution in [0.1, 0.15) is 18.3 Å². The fraction of sp³-hybridized carbons (Fsp3) is 0.417. The van der Waals surface area contributed by atoms with E-state index in [9.17, 15) is 0 Å². The van der Waals surface area contributed by atoms with Crippen molar-refractivity contribution >= 4 is 17.5 Å². The molecule has 0 aliphatic carbocycles. The molecule has 18 heavy (non-hydrogen) atoms. The third-order valence-corrected chi connectivity index (χ3v) is 2.56. The minimum absolute atomic E-state index is 0.731. The van der Waals surface area contributed by atoms with Crippen LogP contribution in [0.4, 0.5) is 17.5 Å². The quantitative estimate of drug-likeness (QED) is 0.863. The number of aryl methyl sites for hydroxylation is 2. The molecule has 0 radical (unpaired) electrons. The molecule has 2 rings (SSSR count). The van der Waals surface area contributed by atoms with Crippen molar-refractivity contribution in [2.24, 2.45) is 7.05 Å². The van der Waals surface area contributed by atoms with Crippen LogP contribution < -0.4 is 10.6 Å². The van der Waals surface area contributed by atoms with Gasteiger partial charge in [-0.15, -0.1) is 0 Å². The third-order valence-electron chi connectivity index (χ3n) is 2.56. The van der Waals surface area contributed by atoms with E-state index >= 15 is 0 Å². The van der Waals surface area contributed by atoms with Crippen LogP contribution in [0, 0.1) is 13.8 Å². The zero-order valence-electron chi connectivity index (χ0n) is 11.2. The summed E-state index contributed by atoms with van der Waals surface area (Å²) in [5, 5.41) is 10.7. The molecule has 0 saturated heterocycles. The van der Waals surface area contributed by atoms with Crippen LogP contribution in [0.25, 0.3) is 0 Å². The topological polar surface area (TPSA) is 67.7 Å². The van der Waals surface area contributed by atoms with Crippen molar-refractivity contribution in [3.63, 3.8) is 0 Å². The van der Waals surface area contributed by atoms with Gasteiger partial charge in [0.2, 0.25) is 0 Å². The molecule has 2 heterocycles. The summed E-state index contributed by atoms with van der Waals surface area (Å²) >= 11 is 0. The lowest BCUT2D eigenvalue weighted by Crippen LogP contribution is -2.08. The Morgan fingerprint density at radius 2 is 1.94 bits per heavy atom. The molecule has 0 aliphatic heterocycles. The zero-order chi connectivity index (χ0) is 13.1. The van der Waals surface area contributed by atoms with Gasteiger partial charge in [0.15, 0.2) is 5.82 Å². The second kappa shape index (κ2) is 5.03. The van der Waals surface area contributed by atoms with Crippen LogP contribution in [0.2, 0.25) is 0 Å².